The number of imide groups is 1. The minimum atomic E-state index is -0.494. The van der Waals surface area contributed by atoms with Gasteiger partial charge in [0, 0.05) is 19.2 Å². The van der Waals surface area contributed by atoms with Gasteiger partial charge in [-0.15, -0.1) is 0 Å². The van der Waals surface area contributed by atoms with E-state index in [-0.39, 0.29) is 18.8 Å². The Bertz CT molecular complexity index is 740. The molecular formula is C18H23N3O5. The third kappa shape index (κ3) is 3.85. The molecule has 1 aromatic rings. The molecule has 1 aliphatic heterocycles. The molecule has 0 unspecified atom stereocenters. The van der Waals surface area contributed by atoms with Crippen LogP contribution in [0.3, 0.4) is 0 Å². The van der Waals surface area contributed by atoms with Crippen molar-refractivity contribution in [1.29, 1.82) is 0 Å². The quantitative estimate of drug-likeness (QED) is 0.526. The number of carbonyl (C=O) groups is 3. The van der Waals surface area contributed by atoms with Gasteiger partial charge in [-0.05, 0) is 32.0 Å². The number of esters is 1. The van der Waals surface area contributed by atoms with E-state index in [1.165, 1.54) is 13.2 Å². The summed E-state index contributed by atoms with van der Waals surface area (Å²) in [7, 11) is 1.31. The zero-order valence-electron chi connectivity index (χ0n) is 15.1. The first-order valence-corrected chi connectivity index (χ1v) is 8.39. The SMILES string of the molecule is CCN(CC)c1cc(C(=O)OC)ccc1NC1=CC(=O)N(CCO)C1=O. The molecule has 0 radical (unpaired) electrons. The molecule has 26 heavy (non-hydrogen) atoms. The Morgan fingerprint density at radius 3 is 2.54 bits per heavy atom. The van der Waals surface area contributed by atoms with Gasteiger partial charge in [-0.3, -0.25) is 14.5 Å². The molecule has 8 heteroatoms. The topological polar surface area (TPSA) is 99.2 Å². The summed E-state index contributed by atoms with van der Waals surface area (Å²) in [5.41, 5.74) is 1.84. The highest BCUT2D eigenvalue weighted by atomic mass is 16.5. The lowest BCUT2D eigenvalue weighted by Crippen LogP contribution is -2.34. The molecule has 2 amide bonds. The number of aliphatic hydroxyl groups excluding tert-OH is 1. The monoisotopic (exact) mass is 361 g/mol. The summed E-state index contributed by atoms with van der Waals surface area (Å²) in [5.74, 6) is -1.42. The summed E-state index contributed by atoms with van der Waals surface area (Å²) in [5, 5.41) is 12.0. The van der Waals surface area contributed by atoms with Crippen molar-refractivity contribution in [3.8, 4) is 0 Å². The lowest BCUT2D eigenvalue weighted by Gasteiger charge is -2.25. The van der Waals surface area contributed by atoms with Gasteiger partial charge in [-0.25, -0.2) is 4.79 Å². The van der Waals surface area contributed by atoms with Gasteiger partial charge in [-0.1, -0.05) is 0 Å². The molecule has 2 N–H and O–H groups in total. The van der Waals surface area contributed by atoms with Crippen LogP contribution in [-0.2, 0) is 14.3 Å². The molecule has 1 heterocycles. The van der Waals surface area contributed by atoms with Crippen LogP contribution in [0.1, 0.15) is 24.2 Å². The van der Waals surface area contributed by atoms with Gasteiger partial charge >= 0.3 is 5.97 Å². The molecule has 140 valence electrons. The van der Waals surface area contributed by atoms with E-state index < -0.39 is 17.8 Å². The van der Waals surface area contributed by atoms with E-state index in [2.05, 4.69) is 5.32 Å². The number of β-amino-alcohol motifs (C(OH)–C–C–N with tert-alkyl or cyclic N) is 1. The lowest BCUT2D eigenvalue weighted by atomic mass is 10.1. The van der Waals surface area contributed by atoms with E-state index in [1.807, 2.05) is 18.7 Å². The summed E-state index contributed by atoms with van der Waals surface area (Å²) in [6.45, 7) is 4.99. The fraction of sp³-hybridized carbons (Fsp3) is 0.389. The van der Waals surface area contributed by atoms with Crippen molar-refractivity contribution in [2.75, 3.05) is 43.6 Å². The van der Waals surface area contributed by atoms with Gasteiger partial charge in [0.2, 0.25) is 0 Å². The average Bonchev–Trinajstić information content (AvgIpc) is 2.91. The van der Waals surface area contributed by atoms with Gasteiger partial charge in [0.15, 0.2) is 0 Å². The number of nitrogens with zero attached hydrogens (tertiary/aromatic N) is 2. The number of anilines is 2. The number of ether oxygens (including phenoxy) is 1. The molecule has 0 bridgehead atoms. The Kier molecular flexibility index (Phi) is 6.35. The van der Waals surface area contributed by atoms with Gasteiger partial charge in [0.25, 0.3) is 11.8 Å². The summed E-state index contributed by atoms with van der Waals surface area (Å²) >= 11 is 0. The van der Waals surface area contributed by atoms with Crippen LogP contribution >= 0.6 is 0 Å². The van der Waals surface area contributed by atoms with Crippen molar-refractivity contribution in [2.45, 2.75) is 13.8 Å². The number of aliphatic hydroxyl groups is 1. The maximum absolute atomic E-state index is 12.3. The molecule has 0 saturated heterocycles. The van der Waals surface area contributed by atoms with Crippen LogP contribution in [0.2, 0.25) is 0 Å². The van der Waals surface area contributed by atoms with Crippen LogP contribution in [0.5, 0.6) is 0 Å². The van der Waals surface area contributed by atoms with Crippen LogP contribution in [-0.4, -0.2) is 61.1 Å². The summed E-state index contributed by atoms with van der Waals surface area (Å²) in [6.07, 6.45) is 1.21. The second-order valence-electron chi connectivity index (χ2n) is 5.60. The Morgan fingerprint density at radius 1 is 1.27 bits per heavy atom. The minimum Gasteiger partial charge on any atom is -0.465 e. The molecule has 8 nitrogen and oxygen atoms in total. The number of carbonyl (C=O) groups excluding carboxylic acids is 3. The van der Waals surface area contributed by atoms with Crippen molar-refractivity contribution in [3.63, 3.8) is 0 Å². The molecule has 2 rings (SSSR count). The van der Waals surface area contributed by atoms with Crippen molar-refractivity contribution in [1.82, 2.24) is 4.90 Å². The molecule has 0 aromatic heterocycles. The van der Waals surface area contributed by atoms with Gasteiger partial charge < -0.3 is 20.1 Å². The fourth-order valence-electron chi connectivity index (χ4n) is 2.76. The van der Waals surface area contributed by atoms with E-state index in [0.717, 1.165) is 10.6 Å². The van der Waals surface area contributed by atoms with Crippen molar-refractivity contribution < 1.29 is 24.2 Å². The maximum Gasteiger partial charge on any atom is 0.337 e. The van der Waals surface area contributed by atoms with Crippen LogP contribution in [0.4, 0.5) is 11.4 Å². The first-order valence-electron chi connectivity index (χ1n) is 8.39. The predicted octanol–water partition coefficient (Wildman–Crippen LogP) is 0.976. The number of benzene rings is 1. The second-order valence-corrected chi connectivity index (χ2v) is 5.60. The van der Waals surface area contributed by atoms with E-state index in [4.69, 9.17) is 9.84 Å². The Morgan fingerprint density at radius 2 is 1.96 bits per heavy atom. The van der Waals surface area contributed by atoms with E-state index >= 15 is 0 Å². The average molecular weight is 361 g/mol. The molecule has 0 atom stereocenters. The Hall–Kier alpha value is -2.87. The first-order chi connectivity index (χ1) is 12.5. The van der Waals surface area contributed by atoms with Crippen molar-refractivity contribution in [3.05, 3.63) is 35.5 Å². The van der Waals surface area contributed by atoms with Crippen LogP contribution in [0.15, 0.2) is 30.0 Å². The van der Waals surface area contributed by atoms with E-state index in [0.29, 0.717) is 24.3 Å². The number of hydrogen-bond donors (Lipinski definition) is 2. The largest absolute Gasteiger partial charge is 0.465 e. The molecular weight excluding hydrogens is 338 g/mol. The number of amides is 2. The standard InChI is InChI=1S/C18H23N3O5/c1-4-20(5-2)15-10-12(18(25)26-3)6-7-13(15)19-14-11-16(23)21(8-9-22)17(14)24/h6-7,10-11,19,22H,4-5,8-9H2,1-3H3. The zero-order valence-corrected chi connectivity index (χ0v) is 15.1. The number of hydrogen-bond acceptors (Lipinski definition) is 7. The summed E-state index contributed by atoms with van der Waals surface area (Å²) in [4.78, 5) is 39.0. The van der Waals surface area contributed by atoms with Crippen molar-refractivity contribution >= 4 is 29.2 Å². The Labute approximate surface area is 152 Å². The molecule has 1 aromatic carbocycles. The molecule has 0 fully saturated rings. The number of methoxy groups -OCH3 is 1. The van der Waals surface area contributed by atoms with Crippen LogP contribution in [0.25, 0.3) is 0 Å². The highest BCUT2D eigenvalue weighted by molar-refractivity contribution is 6.17. The van der Waals surface area contributed by atoms with Crippen LogP contribution < -0.4 is 10.2 Å². The molecule has 0 spiro atoms. The predicted molar refractivity (Wildman–Crippen MR) is 96.9 cm³/mol. The Balaban J connectivity index is 2.37. The van der Waals surface area contributed by atoms with Crippen LogP contribution in [0, 0.1) is 0 Å². The van der Waals surface area contributed by atoms with Gasteiger partial charge in [0.05, 0.1) is 37.2 Å². The molecule has 0 aliphatic carbocycles. The molecule has 0 saturated carbocycles. The zero-order chi connectivity index (χ0) is 19.3. The summed E-state index contributed by atoms with van der Waals surface area (Å²) < 4.78 is 4.77. The summed E-state index contributed by atoms with van der Waals surface area (Å²) in [6, 6.07) is 4.95. The lowest BCUT2D eigenvalue weighted by molar-refractivity contribution is -0.137. The smallest absolute Gasteiger partial charge is 0.337 e. The second kappa shape index (κ2) is 8.48. The third-order valence-electron chi connectivity index (χ3n) is 4.13. The fourth-order valence-corrected chi connectivity index (χ4v) is 2.76. The number of rotatable bonds is 8. The molecule has 1 aliphatic rings. The highest BCUT2D eigenvalue weighted by Crippen LogP contribution is 2.30. The third-order valence-corrected chi connectivity index (χ3v) is 4.13. The maximum atomic E-state index is 12.3. The van der Waals surface area contributed by atoms with Gasteiger partial charge in [0.1, 0.15) is 5.70 Å². The first kappa shape index (κ1) is 19.5. The van der Waals surface area contributed by atoms with E-state index in [1.54, 1.807) is 18.2 Å². The normalized spacial score (nSPS) is 13.7. The number of nitrogens with one attached hydrogen (secondary N) is 1. The van der Waals surface area contributed by atoms with E-state index in [9.17, 15) is 14.4 Å². The van der Waals surface area contributed by atoms with Gasteiger partial charge in [-0.2, -0.15) is 0 Å². The van der Waals surface area contributed by atoms with Crippen molar-refractivity contribution in [2.24, 2.45) is 0 Å². The minimum absolute atomic E-state index is 0.0521. The highest BCUT2D eigenvalue weighted by Gasteiger charge is 2.31.